The molecule has 314 valence electrons. The molecule has 0 bridgehead atoms. The van der Waals surface area contributed by atoms with Crippen molar-refractivity contribution in [2.24, 2.45) is 0 Å². The molecule has 0 radical (unpaired) electrons. The van der Waals surface area contributed by atoms with Crippen LogP contribution in [0.15, 0.2) is 48.6 Å². The number of rotatable bonds is 42. The van der Waals surface area contributed by atoms with Gasteiger partial charge in [-0.2, -0.15) is 0 Å². The summed E-state index contributed by atoms with van der Waals surface area (Å²) < 4.78 is 17.3. The molecule has 0 heterocycles. The lowest BCUT2D eigenvalue weighted by Gasteiger charge is -2.18. The second-order valence-corrected chi connectivity index (χ2v) is 15.3. The largest absolute Gasteiger partial charge is 0.462 e. The van der Waals surface area contributed by atoms with Crippen LogP contribution >= 0.6 is 0 Å². The van der Waals surface area contributed by atoms with Crippen LogP contribution in [-0.2, 0) is 23.8 Å². The standard InChI is InChI=1S/C49H88O5/c1-4-7-10-13-16-19-22-25-27-30-33-36-39-42-48(50)53-46-47(45-52-44-41-38-35-32-29-24-21-18-15-12-9-6-3)54-49(51)43-40-37-34-31-28-26-23-20-17-14-11-8-5-2/h7,10,15-16,18-19,25,27,47H,4-6,8-9,11-14,17,20-24,26,28-46H2,1-3H3/b10-7-,18-15-,19-16-,27-25-. The maximum atomic E-state index is 12.7. The van der Waals surface area contributed by atoms with Crippen molar-refractivity contribution in [2.75, 3.05) is 19.8 Å². The van der Waals surface area contributed by atoms with Crippen LogP contribution in [0.4, 0.5) is 0 Å². The summed E-state index contributed by atoms with van der Waals surface area (Å²) >= 11 is 0. The highest BCUT2D eigenvalue weighted by Gasteiger charge is 2.17. The maximum Gasteiger partial charge on any atom is 0.306 e. The molecule has 0 aromatic carbocycles. The van der Waals surface area contributed by atoms with E-state index in [1.807, 2.05) is 0 Å². The van der Waals surface area contributed by atoms with Gasteiger partial charge in [0.2, 0.25) is 0 Å². The Hall–Kier alpha value is -2.14. The van der Waals surface area contributed by atoms with E-state index in [4.69, 9.17) is 14.2 Å². The molecule has 0 amide bonds. The predicted octanol–water partition coefficient (Wildman–Crippen LogP) is 15.2. The molecule has 0 spiro atoms. The Balaban J connectivity index is 4.29. The molecule has 0 saturated heterocycles. The summed E-state index contributed by atoms with van der Waals surface area (Å²) in [5.41, 5.74) is 0. The molecule has 1 unspecified atom stereocenters. The van der Waals surface area contributed by atoms with Crippen LogP contribution in [0.1, 0.15) is 226 Å². The summed E-state index contributed by atoms with van der Waals surface area (Å²) in [6.07, 6.45) is 53.9. The lowest BCUT2D eigenvalue weighted by atomic mass is 10.0. The Morgan fingerprint density at radius 1 is 0.426 bits per heavy atom. The van der Waals surface area contributed by atoms with Gasteiger partial charge in [-0.25, -0.2) is 0 Å². The minimum atomic E-state index is -0.546. The summed E-state index contributed by atoms with van der Waals surface area (Å²) in [4.78, 5) is 25.2. The zero-order chi connectivity index (χ0) is 39.3. The highest BCUT2D eigenvalue weighted by Crippen LogP contribution is 2.14. The number of unbranched alkanes of at least 4 members (excludes halogenated alkanes) is 23. The number of hydrogen-bond donors (Lipinski definition) is 0. The van der Waals surface area contributed by atoms with Crippen LogP contribution < -0.4 is 0 Å². The fourth-order valence-electron chi connectivity index (χ4n) is 6.39. The zero-order valence-electron chi connectivity index (χ0n) is 36.0. The molecule has 0 saturated carbocycles. The van der Waals surface area contributed by atoms with Crippen LogP contribution in [-0.4, -0.2) is 37.9 Å². The second-order valence-electron chi connectivity index (χ2n) is 15.3. The monoisotopic (exact) mass is 757 g/mol. The SMILES string of the molecule is CC/C=C\C/C=C\C/C=C\CCCCCC(=O)OCC(COCCCCCCCC/C=C\CCCC)OC(=O)CCCCCCCCCCCCCCC. The van der Waals surface area contributed by atoms with Crippen molar-refractivity contribution in [1.82, 2.24) is 0 Å². The predicted molar refractivity (Wildman–Crippen MR) is 233 cm³/mol. The van der Waals surface area contributed by atoms with Gasteiger partial charge < -0.3 is 14.2 Å². The van der Waals surface area contributed by atoms with Gasteiger partial charge in [-0.05, 0) is 70.6 Å². The van der Waals surface area contributed by atoms with E-state index < -0.39 is 6.10 Å². The normalized spacial score (nSPS) is 12.6. The zero-order valence-corrected chi connectivity index (χ0v) is 36.0. The topological polar surface area (TPSA) is 61.8 Å². The molecule has 5 heteroatoms. The van der Waals surface area contributed by atoms with Gasteiger partial charge in [0.25, 0.3) is 0 Å². The van der Waals surface area contributed by atoms with Crippen LogP contribution in [0.2, 0.25) is 0 Å². The Labute approximate surface area is 335 Å². The van der Waals surface area contributed by atoms with Crippen LogP contribution in [0.3, 0.4) is 0 Å². The van der Waals surface area contributed by atoms with E-state index in [-0.39, 0.29) is 25.2 Å². The van der Waals surface area contributed by atoms with Crippen molar-refractivity contribution >= 4 is 11.9 Å². The second kappa shape index (κ2) is 45.3. The molecule has 0 aliphatic heterocycles. The lowest BCUT2D eigenvalue weighted by molar-refractivity contribution is -0.163. The van der Waals surface area contributed by atoms with Crippen molar-refractivity contribution in [3.63, 3.8) is 0 Å². The van der Waals surface area contributed by atoms with Crippen LogP contribution in [0, 0.1) is 0 Å². The molecule has 1 atom stereocenters. The van der Waals surface area contributed by atoms with E-state index in [1.54, 1.807) is 0 Å². The molecule has 0 aromatic heterocycles. The first-order valence-electron chi connectivity index (χ1n) is 23.2. The highest BCUT2D eigenvalue weighted by molar-refractivity contribution is 5.70. The van der Waals surface area contributed by atoms with Gasteiger partial charge >= 0.3 is 11.9 Å². The Kier molecular flexibility index (Phi) is 43.5. The highest BCUT2D eigenvalue weighted by atomic mass is 16.6. The molecule has 0 rings (SSSR count). The molecular weight excluding hydrogens is 669 g/mol. The summed E-state index contributed by atoms with van der Waals surface area (Å²) in [5.74, 6) is -0.429. The van der Waals surface area contributed by atoms with Crippen molar-refractivity contribution < 1.29 is 23.8 Å². The summed E-state index contributed by atoms with van der Waals surface area (Å²) in [6, 6.07) is 0. The molecule has 0 N–H and O–H groups in total. The van der Waals surface area contributed by atoms with Gasteiger partial charge in [-0.1, -0.05) is 191 Å². The number of esters is 2. The summed E-state index contributed by atoms with van der Waals surface area (Å²) in [7, 11) is 0. The first-order valence-corrected chi connectivity index (χ1v) is 23.2. The van der Waals surface area contributed by atoms with E-state index in [0.29, 0.717) is 19.4 Å². The smallest absolute Gasteiger partial charge is 0.306 e. The quantitative estimate of drug-likeness (QED) is 0.0353. The number of carbonyl (C=O) groups is 2. The molecule has 54 heavy (non-hydrogen) atoms. The average molecular weight is 757 g/mol. The molecule has 0 aromatic rings. The van der Waals surface area contributed by atoms with Crippen LogP contribution in [0.5, 0.6) is 0 Å². The van der Waals surface area contributed by atoms with Crippen molar-refractivity contribution in [2.45, 2.75) is 232 Å². The van der Waals surface area contributed by atoms with Crippen LogP contribution in [0.25, 0.3) is 0 Å². The third-order valence-electron chi connectivity index (χ3n) is 9.85. The number of carbonyl (C=O) groups excluding carboxylic acids is 2. The van der Waals surface area contributed by atoms with Gasteiger partial charge in [-0.3, -0.25) is 9.59 Å². The average Bonchev–Trinajstić information content (AvgIpc) is 3.17. The Morgan fingerprint density at radius 2 is 0.852 bits per heavy atom. The van der Waals surface area contributed by atoms with Crippen molar-refractivity contribution in [3.05, 3.63) is 48.6 Å². The van der Waals surface area contributed by atoms with Gasteiger partial charge in [0, 0.05) is 19.4 Å². The fourth-order valence-corrected chi connectivity index (χ4v) is 6.39. The molecular formula is C49H88O5. The van der Waals surface area contributed by atoms with E-state index >= 15 is 0 Å². The van der Waals surface area contributed by atoms with E-state index in [2.05, 4.69) is 69.4 Å². The van der Waals surface area contributed by atoms with Gasteiger partial charge in [0.05, 0.1) is 6.61 Å². The van der Waals surface area contributed by atoms with Crippen molar-refractivity contribution in [3.8, 4) is 0 Å². The van der Waals surface area contributed by atoms with E-state index in [0.717, 1.165) is 70.6 Å². The minimum absolute atomic E-state index is 0.0700. The third-order valence-corrected chi connectivity index (χ3v) is 9.85. The minimum Gasteiger partial charge on any atom is -0.462 e. The van der Waals surface area contributed by atoms with Gasteiger partial charge in [-0.15, -0.1) is 0 Å². The lowest BCUT2D eigenvalue weighted by Crippen LogP contribution is -2.30. The summed E-state index contributed by atoms with van der Waals surface area (Å²) in [6.45, 7) is 7.65. The molecule has 0 fully saturated rings. The van der Waals surface area contributed by atoms with Crippen molar-refractivity contribution in [1.29, 1.82) is 0 Å². The van der Waals surface area contributed by atoms with E-state index in [9.17, 15) is 9.59 Å². The molecule has 5 nitrogen and oxygen atoms in total. The number of hydrogen-bond acceptors (Lipinski definition) is 5. The third kappa shape index (κ3) is 42.6. The first kappa shape index (κ1) is 51.9. The summed E-state index contributed by atoms with van der Waals surface area (Å²) in [5, 5.41) is 0. The van der Waals surface area contributed by atoms with E-state index in [1.165, 1.54) is 122 Å². The molecule has 0 aliphatic carbocycles. The fraction of sp³-hybridized carbons (Fsp3) is 0.796. The Morgan fingerprint density at radius 3 is 1.43 bits per heavy atom. The number of allylic oxidation sites excluding steroid dienone is 8. The first-order chi connectivity index (χ1) is 26.6. The Bertz CT molecular complexity index is 904. The number of ether oxygens (including phenoxy) is 3. The van der Waals surface area contributed by atoms with Gasteiger partial charge in [0.1, 0.15) is 6.61 Å². The van der Waals surface area contributed by atoms with Gasteiger partial charge in [0.15, 0.2) is 6.10 Å². The molecule has 0 aliphatic rings. The maximum absolute atomic E-state index is 12.7.